The summed E-state index contributed by atoms with van der Waals surface area (Å²) in [5.74, 6) is 0.426. The van der Waals surface area contributed by atoms with Gasteiger partial charge in [0.1, 0.15) is 5.75 Å². The summed E-state index contributed by atoms with van der Waals surface area (Å²) < 4.78 is 0. The van der Waals surface area contributed by atoms with E-state index in [1.54, 1.807) is 0 Å². The first-order valence-electron chi connectivity index (χ1n) is 7.76. The van der Waals surface area contributed by atoms with Crippen LogP contribution in [-0.2, 0) is 31.3 Å². The minimum absolute atomic E-state index is 0.0793. The van der Waals surface area contributed by atoms with E-state index in [-0.39, 0.29) is 5.41 Å². The monoisotopic (exact) mass is 397 g/mol. The molecule has 0 aliphatic rings. The molecule has 0 fully saturated rings. The van der Waals surface area contributed by atoms with Crippen molar-refractivity contribution in [3.8, 4) is 5.75 Å². The number of phenols is 1. The van der Waals surface area contributed by atoms with E-state index < -0.39 is 0 Å². The zero-order valence-corrected chi connectivity index (χ0v) is 18.3. The normalized spacial score (nSPS) is 11.4. The fraction of sp³-hybridized carbons (Fsp3) is 0.368. The van der Waals surface area contributed by atoms with Crippen molar-refractivity contribution in [1.82, 2.24) is 0 Å². The number of hydrogen-bond donors (Lipinski definition) is 1. The molecule has 2 aromatic carbocycles. The molecular formula is C19H25ClNOPTi. The average Bonchev–Trinajstić information content (AvgIpc) is 2.54. The predicted octanol–water partition coefficient (Wildman–Crippen LogP) is 4.82. The van der Waals surface area contributed by atoms with E-state index in [9.17, 15) is 5.11 Å². The van der Waals surface area contributed by atoms with Crippen LogP contribution in [0.4, 0.5) is 0 Å². The van der Waals surface area contributed by atoms with Gasteiger partial charge in [-0.05, 0) is 34.8 Å². The number of phenolic OH excluding ortho intramolecular Hbond substituents is 1. The third-order valence-corrected chi connectivity index (χ3v) is 5.19. The molecule has 5 heteroatoms. The molecule has 1 N–H and O–H groups in total. The second kappa shape index (κ2) is 9.95. The first kappa shape index (κ1) is 21.7. The summed E-state index contributed by atoms with van der Waals surface area (Å²) in [7, 11) is 6.92. The zero-order valence-electron chi connectivity index (χ0n) is 14.9. The maximum atomic E-state index is 10.5. The van der Waals surface area contributed by atoms with E-state index >= 15 is 0 Å². The third kappa shape index (κ3) is 5.86. The van der Waals surface area contributed by atoms with Gasteiger partial charge in [0.15, 0.2) is 0 Å². The van der Waals surface area contributed by atoms with Gasteiger partial charge in [-0.15, -0.1) is 6.54 Å². The Hall–Kier alpha value is -0.366. The Morgan fingerprint density at radius 3 is 2.33 bits per heavy atom. The van der Waals surface area contributed by atoms with Crippen LogP contribution in [0.1, 0.15) is 37.5 Å². The van der Waals surface area contributed by atoms with Crippen LogP contribution in [0.2, 0.25) is 0 Å². The summed E-state index contributed by atoms with van der Waals surface area (Å²) in [5, 5.41) is 17.0. The molecule has 0 bridgehead atoms. The van der Waals surface area contributed by atoms with Gasteiger partial charge in [-0.3, -0.25) is 0 Å². The summed E-state index contributed by atoms with van der Waals surface area (Å²) in [5.41, 5.74) is 3.53. The van der Waals surface area contributed by atoms with Crippen molar-refractivity contribution in [2.45, 2.75) is 39.7 Å². The topological polar surface area (TPSA) is 34.3 Å². The molecule has 2 nitrogen and oxygen atoms in total. The van der Waals surface area contributed by atoms with Crippen LogP contribution < -0.4 is 10.6 Å². The zero-order chi connectivity index (χ0) is 18.3. The molecule has 0 heterocycles. The fourth-order valence-corrected chi connectivity index (χ4v) is 3.74. The molecule has 1 unspecified atom stereocenters. The van der Waals surface area contributed by atoms with Crippen LogP contribution in [0.25, 0.3) is 5.32 Å². The summed E-state index contributed by atoms with van der Waals surface area (Å²) in [6.45, 7) is 9.31. The van der Waals surface area contributed by atoms with Gasteiger partial charge in [-0.25, -0.2) is 0 Å². The molecule has 128 valence electrons. The number of hydrogen-bond acceptors (Lipinski definition) is 1. The van der Waals surface area contributed by atoms with Crippen molar-refractivity contribution in [2.75, 3.05) is 7.05 Å². The fourth-order valence-electron chi connectivity index (χ4n) is 2.40. The average molecular weight is 398 g/mol. The number of halogens is 1. The van der Waals surface area contributed by atoms with Crippen molar-refractivity contribution in [1.29, 1.82) is 0 Å². The van der Waals surface area contributed by atoms with Crippen LogP contribution in [0.5, 0.6) is 5.75 Å². The Bertz CT molecular complexity index is 671. The van der Waals surface area contributed by atoms with Crippen molar-refractivity contribution in [3.05, 3.63) is 58.4 Å². The molecule has 0 aliphatic heterocycles. The van der Waals surface area contributed by atoms with Crippen molar-refractivity contribution >= 4 is 28.5 Å². The Labute approximate surface area is 163 Å². The second-order valence-corrected chi connectivity index (χ2v) is 8.02. The van der Waals surface area contributed by atoms with Crippen LogP contribution >= 0.6 is 17.9 Å². The molecule has 0 radical (unpaired) electrons. The van der Waals surface area contributed by atoms with E-state index in [0.717, 1.165) is 17.4 Å². The van der Waals surface area contributed by atoms with Crippen molar-refractivity contribution < 1.29 is 24.5 Å². The van der Waals surface area contributed by atoms with E-state index in [1.807, 2.05) is 20.0 Å². The molecule has 0 spiro atoms. The predicted molar refractivity (Wildman–Crippen MR) is 104 cm³/mol. The van der Waals surface area contributed by atoms with E-state index in [2.05, 4.69) is 65.7 Å². The number of rotatable bonds is 4. The Morgan fingerprint density at radius 1 is 1.12 bits per heavy atom. The molecule has 0 saturated carbocycles. The molecule has 2 rings (SSSR count). The molecule has 0 saturated heterocycles. The van der Waals surface area contributed by atoms with Crippen LogP contribution in [0.15, 0.2) is 36.4 Å². The van der Waals surface area contributed by atoms with Gasteiger partial charge in [0.2, 0.25) is 0 Å². The Balaban J connectivity index is 0.00000139. The molecule has 0 aliphatic carbocycles. The van der Waals surface area contributed by atoms with Gasteiger partial charge >= 0.3 is 28.7 Å². The standard InChI is InChI=1S/C19H25NOP.ClH.Ti/c1-13-10-15(19(2,3)4)11-17(18(13)21)22-16-9-7-6-8-14(16)12-20-5;;/h6-11,21-22H,12H2,1-5H3;1H;/q-1;;+2/p-1. The molecule has 0 aromatic heterocycles. The van der Waals surface area contributed by atoms with Crippen molar-refractivity contribution in [2.24, 2.45) is 0 Å². The number of aryl methyl sites for hydroxylation is 1. The van der Waals surface area contributed by atoms with Gasteiger partial charge in [0, 0.05) is 5.30 Å². The van der Waals surface area contributed by atoms with Crippen molar-refractivity contribution in [3.63, 3.8) is 0 Å². The second-order valence-electron chi connectivity index (χ2n) is 6.70. The van der Waals surface area contributed by atoms with Crippen LogP contribution in [-0.4, -0.2) is 12.2 Å². The van der Waals surface area contributed by atoms with Crippen LogP contribution in [0, 0.1) is 6.92 Å². The van der Waals surface area contributed by atoms with Gasteiger partial charge < -0.3 is 10.4 Å². The number of nitrogens with zero attached hydrogens (tertiary/aromatic N) is 1. The Morgan fingerprint density at radius 2 is 1.75 bits per heavy atom. The Kier molecular flexibility index (Phi) is 8.98. The SMILES string of the molecule is C[N-]Cc1ccccc1Pc1cc(C(C)(C)C)cc(C)c1O.[Cl][Ti+]. The number of aromatic hydroxyl groups is 1. The minimum atomic E-state index is 0.0793. The summed E-state index contributed by atoms with van der Waals surface area (Å²) in [6, 6.07) is 12.6. The first-order valence-corrected chi connectivity index (χ1v) is 10.9. The molecule has 24 heavy (non-hydrogen) atoms. The summed E-state index contributed by atoms with van der Waals surface area (Å²) in [6.07, 6.45) is 0. The first-order chi connectivity index (χ1) is 11.3. The summed E-state index contributed by atoms with van der Waals surface area (Å²) in [4.78, 5) is 0. The summed E-state index contributed by atoms with van der Waals surface area (Å²) >= 11 is 1.47. The number of benzene rings is 2. The van der Waals surface area contributed by atoms with Gasteiger partial charge in [0.05, 0.1) is 0 Å². The molecular weight excluding hydrogens is 373 g/mol. The maximum absolute atomic E-state index is 10.5. The quantitative estimate of drug-likeness (QED) is 0.582. The van der Waals surface area contributed by atoms with E-state index in [4.69, 9.17) is 0 Å². The van der Waals surface area contributed by atoms with E-state index in [1.165, 1.54) is 35.8 Å². The van der Waals surface area contributed by atoms with Gasteiger partial charge in [-0.2, -0.15) is 7.05 Å². The van der Waals surface area contributed by atoms with Gasteiger partial charge in [0.25, 0.3) is 0 Å². The molecule has 0 amide bonds. The molecule has 1 atom stereocenters. The third-order valence-electron chi connectivity index (χ3n) is 3.78. The van der Waals surface area contributed by atoms with Crippen LogP contribution in [0.3, 0.4) is 0 Å². The molecule has 2 aromatic rings. The van der Waals surface area contributed by atoms with E-state index in [0.29, 0.717) is 14.3 Å². The van der Waals surface area contributed by atoms with Gasteiger partial charge in [-0.1, -0.05) is 65.2 Å².